The lowest BCUT2D eigenvalue weighted by atomic mass is 9.85. The molecule has 0 aliphatic carbocycles. The highest BCUT2D eigenvalue weighted by molar-refractivity contribution is 5.95. The van der Waals surface area contributed by atoms with Crippen molar-refractivity contribution < 1.29 is 46.4 Å². The Morgan fingerprint density at radius 1 is 1.33 bits per heavy atom. The molecule has 1 saturated heterocycles. The highest BCUT2D eigenvalue weighted by Crippen LogP contribution is 2.51. The van der Waals surface area contributed by atoms with Gasteiger partial charge in [-0.25, -0.2) is 4.39 Å². The molecule has 0 radical (unpaired) electrons. The Morgan fingerprint density at radius 2 is 2.03 bits per heavy atom. The monoisotopic (exact) mass is 476 g/mol. The van der Waals surface area contributed by atoms with Crippen LogP contribution in [0.4, 0.5) is 27.6 Å². The van der Waals surface area contributed by atoms with Gasteiger partial charge in [-0.15, -0.1) is 0 Å². The van der Waals surface area contributed by atoms with Crippen molar-refractivity contribution in [3.8, 4) is 5.75 Å². The van der Waals surface area contributed by atoms with Gasteiger partial charge in [-0.05, 0) is 31.5 Å². The minimum Gasteiger partial charge on any atom is -0.493 e. The zero-order valence-corrected chi connectivity index (χ0v) is 17.5. The summed E-state index contributed by atoms with van der Waals surface area (Å²) < 4.78 is 79.0. The summed E-state index contributed by atoms with van der Waals surface area (Å²) in [5.41, 5.74) is -2.69. The molecule has 7 nitrogen and oxygen atoms in total. The average Bonchev–Trinajstić information content (AvgIpc) is 3.14. The van der Waals surface area contributed by atoms with Crippen LogP contribution in [0.1, 0.15) is 36.6 Å². The van der Waals surface area contributed by atoms with Gasteiger partial charge >= 0.3 is 6.18 Å². The number of aromatic nitrogens is 1. The zero-order chi connectivity index (χ0) is 24.6. The Kier molecular flexibility index (Phi) is 6.91. The number of pyridine rings is 1. The highest BCUT2D eigenvalue weighted by Gasteiger charge is 2.61. The second-order valence-electron chi connectivity index (χ2n) is 7.72. The van der Waals surface area contributed by atoms with E-state index in [0.717, 1.165) is 32.4 Å². The fourth-order valence-electron chi connectivity index (χ4n) is 3.66. The van der Waals surface area contributed by atoms with Crippen LogP contribution in [0.2, 0.25) is 0 Å². The number of hydrogen-bond acceptors (Lipinski definition) is 6. The molecule has 2 heterocycles. The number of carbonyl (C=O) groups is 1. The molecule has 0 spiro atoms. The number of alkyl halides is 3. The number of aliphatic hydroxyl groups is 2. The maximum absolute atomic E-state index is 14.2. The number of methoxy groups -OCH3 is 1. The Labute approximate surface area is 185 Å². The summed E-state index contributed by atoms with van der Waals surface area (Å²) in [6.45, 7) is 0.189. The molecule has 1 aromatic carbocycles. The maximum Gasteiger partial charge on any atom is 0.417 e. The van der Waals surface area contributed by atoms with E-state index in [2.05, 4.69) is 10.3 Å². The first-order valence-electron chi connectivity index (χ1n) is 9.74. The minimum absolute atomic E-state index is 0.0779. The van der Waals surface area contributed by atoms with E-state index in [4.69, 9.17) is 14.6 Å². The number of aliphatic hydroxyl groups excluding tert-OH is 2. The number of nitrogens with zero attached hydrogens (tertiary/aromatic N) is 1. The molecule has 3 rings (SSSR count). The molecular weight excluding hydrogens is 455 g/mol. The quantitative estimate of drug-likeness (QED) is 0.554. The molecule has 3 N–H and O–H groups in total. The second-order valence-corrected chi connectivity index (χ2v) is 7.72. The van der Waals surface area contributed by atoms with Crippen LogP contribution in [0, 0.1) is 11.6 Å². The van der Waals surface area contributed by atoms with Gasteiger partial charge in [-0.3, -0.25) is 9.78 Å². The molecule has 180 valence electrons. The molecule has 12 heteroatoms. The van der Waals surface area contributed by atoms with Crippen LogP contribution in [0.25, 0.3) is 0 Å². The standard InChI is InChI=1S/C21H21F5N2O5/c1-20(21(24,25)26)7-12(11-4-5-13(22)16(23)17(11)32-2)18(33-20)19(31)28-10-3-6-14(27-8-10)15(30)9-29/h3-6,8,12,15,18,29-30H,7,9H2,1-2H3,(H,28,31)/t12-,15+,18+,20+/m0/s1. The molecule has 2 aromatic rings. The molecule has 1 fully saturated rings. The van der Waals surface area contributed by atoms with Crippen LogP contribution >= 0.6 is 0 Å². The Morgan fingerprint density at radius 3 is 2.58 bits per heavy atom. The number of carbonyl (C=O) groups excluding carboxylic acids is 1. The van der Waals surface area contributed by atoms with Crippen molar-refractivity contribution in [1.29, 1.82) is 0 Å². The van der Waals surface area contributed by atoms with E-state index in [1.165, 1.54) is 12.1 Å². The smallest absolute Gasteiger partial charge is 0.417 e. The summed E-state index contributed by atoms with van der Waals surface area (Å²) in [7, 11) is 1.03. The fourth-order valence-corrected chi connectivity index (χ4v) is 3.66. The molecule has 1 aliphatic rings. The van der Waals surface area contributed by atoms with Gasteiger partial charge in [0, 0.05) is 11.5 Å². The van der Waals surface area contributed by atoms with Gasteiger partial charge in [-0.2, -0.15) is 17.6 Å². The molecule has 0 unspecified atom stereocenters. The second kappa shape index (κ2) is 9.20. The van der Waals surface area contributed by atoms with Gasteiger partial charge in [0.1, 0.15) is 12.2 Å². The molecule has 1 amide bonds. The number of amides is 1. The van der Waals surface area contributed by atoms with Crippen LogP contribution in [0.5, 0.6) is 5.75 Å². The van der Waals surface area contributed by atoms with Crippen LogP contribution < -0.4 is 10.1 Å². The van der Waals surface area contributed by atoms with Gasteiger partial charge < -0.3 is 25.0 Å². The first kappa shape index (κ1) is 24.8. The van der Waals surface area contributed by atoms with Crippen molar-refractivity contribution in [2.45, 2.75) is 43.2 Å². The topological polar surface area (TPSA) is 101 Å². The van der Waals surface area contributed by atoms with Crippen molar-refractivity contribution in [3.63, 3.8) is 0 Å². The van der Waals surface area contributed by atoms with Gasteiger partial charge in [-0.1, -0.05) is 6.07 Å². The third kappa shape index (κ3) is 4.77. The lowest BCUT2D eigenvalue weighted by Gasteiger charge is -2.27. The van der Waals surface area contributed by atoms with Crippen molar-refractivity contribution in [2.24, 2.45) is 0 Å². The molecule has 4 atom stereocenters. The third-order valence-corrected chi connectivity index (χ3v) is 5.47. The van der Waals surface area contributed by atoms with Crippen LogP contribution in [-0.4, -0.2) is 52.7 Å². The summed E-state index contributed by atoms with van der Waals surface area (Å²) in [4.78, 5) is 16.8. The summed E-state index contributed by atoms with van der Waals surface area (Å²) >= 11 is 0. The molecular formula is C21H21F5N2O5. The van der Waals surface area contributed by atoms with E-state index in [1.54, 1.807) is 0 Å². The SMILES string of the molecule is COc1c([C@@H]2C[C@](C)(C(F)(F)F)O[C@H]2C(=O)Nc2ccc([C@H](O)CO)nc2)ccc(F)c1F. The van der Waals surface area contributed by atoms with Crippen LogP contribution in [0.3, 0.4) is 0 Å². The molecule has 0 saturated carbocycles. The largest absolute Gasteiger partial charge is 0.493 e. The number of halogens is 5. The molecule has 33 heavy (non-hydrogen) atoms. The first-order chi connectivity index (χ1) is 15.4. The zero-order valence-electron chi connectivity index (χ0n) is 17.5. The Balaban J connectivity index is 1.95. The normalized spacial score (nSPS) is 23.9. The van der Waals surface area contributed by atoms with Gasteiger partial charge in [0.05, 0.1) is 31.3 Å². The number of ether oxygens (including phenoxy) is 2. The molecule has 1 aromatic heterocycles. The van der Waals surface area contributed by atoms with E-state index in [-0.39, 0.29) is 16.9 Å². The minimum atomic E-state index is -4.85. The summed E-state index contributed by atoms with van der Waals surface area (Å²) in [6, 6.07) is 4.42. The molecule has 1 aliphatic heterocycles. The summed E-state index contributed by atoms with van der Waals surface area (Å²) in [5.74, 6) is -5.55. The lowest BCUT2D eigenvalue weighted by Crippen LogP contribution is -2.43. The predicted octanol–water partition coefficient (Wildman–Crippen LogP) is 3.23. The van der Waals surface area contributed by atoms with Gasteiger partial charge in [0.2, 0.25) is 5.82 Å². The van der Waals surface area contributed by atoms with E-state index >= 15 is 0 Å². The van der Waals surface area contributed by atoms with E-state index in [1.807, 2.05) is 0 Å². The number of benzene rings is 1. The number of nitrogens with one attached hydrogen (secondary N) is 1. The van der Waals surface area contributed by atoms with Gasteiger partial charge in [0.25, 0.3) is 5.91 Å². The first-order valence-corrected chi connectivity index (χ1v) is 9.74. The number of anilines is 1. The van der Waals surface area contributed by atoms with E-state index in [9.17, 15) is 31.9 Å². The van der Waals surface area contributed by atoms with Crippen molar-refractivity contribution in [3.05, 3.63) is 53.4 Å². The van der Waals surface area contributed by atoms with Crippen LogP contribution in [0.15, 0.2) is 30.5 Å². The fraction of sp³-hybridized carbons (Fsp3) is 0.429. The van der Waals surface area contributed by atoms with Crippen molar-refractivity contribution in [1.82, 2.24) is 4.98 Å². The Hall–Kier alpha value is -2.83. The van der Waals surface area contributed by atoms with Crippen molar-refractivity contribution in [2.75, 3.05) is 19.0 Å². The van der Waals surface area contributed by atoms with E-state index < -0.39 is 66.2 Å². The molecule has 0 bridgehead atoms. The average molecular weight is 476 g/mol. The van der Waals surface area contributed by atoms with Crippen LogP contribution in [-0.2, 0) is 9.53 Å². The highest BCUT2D eigenvalue weighted by atomic mass is 19.4. The van der Waals surface area contributed by atoms with E-state index in [0.29, 0.717) is 0 Å². The predicted molar refractivity (Wildman–Crippen MR) is 105 cm³/mol. The lowest BCUT2D eigenvalue weighted by molar-refractivity contribution is -0.261. The maximum atomic E-state index is 14.2. The number of rotatable bonds is 6. The summed E-state index contributed by atoms with van der Waals surface area (Å²) in [5, 5.41) is 20.9. The Bertz CT molecular complexity index is 1020. The van der Waals surface area contributed by atoms with Gasteiger partial charge in [0.15, 0.2) is 17.2 Å². The van der Waals surface area contributed by atoms with Crippen molar-refractivity contribution >= 4 is 11.6 Å². The number of hydrogen-bond donors (Lipinski definition) is 3. The third-order valence-electron chi connectivity index (χ3n) is 5.47. The summed E-state index contributed by atoms with van der Waals surface area (Å²) in [6.07, 6.45) is -7.42.